The standard InChI is InChI=1S/C21H20FNO3S/c1-14(2)15-3-7-19(8-4-15)26-21(24)11-17-13-27-20(23-17)12-25-18-9-5-16(22)6-10-18/h3-10,13-14H,11-12H2,1-2H3. The van der Waals surface area contributed by atoms with Gasteiger partial charge < -0.3 is 9.47 Å². The zero-order valence-electron chi connectivity index (χ0n) is 15.1. The van der Waals surface area contributed by atoms with E-state index in [4.69, 9.17) is 9.47 Å². The molecule has 4 nitrogen and oxygen atoms in total. The predicted octanol–water partition coefficient (Wildman–Crippen LogP) is 5.13. The van der Waals surface area contributed by atoms with Crippen molar-refractivity contribution in [2.75, 3.05) is 0 Å². The fraction of sp³-hybridized carbons (Fsp3) is 0.238. The topological polar surface area (TPSA) is 48.4 Å². The van der Waals surface area contributed by atoms with Crippen molar-refractivity contribution in [3.8, 4) is 11.5 Å². The van der Waals surface area contributed by atoms with E-state index in [1.807, 2.05) is 17.5 Å². The SMILES string of the molecule is CC(C)c1ccc(OC(=O)Cc2csc(COc3ccc(F)cc3)n2)cc1. The van der Waals surface area contributed by atoms with Gasteiger partial charge in [0.1, 0.15) is 28.9 Å². The molecule has 0 N–H and O–H groups in total. The number of carbonyl (C=O) groups excluding carboxylic acids is 1. The number of esters is 1. The number of nitrogens with zero attached hydrogens (tertiary/aromatic N) is 1. The van der Waals surface area contributed by atoms with Crippen LogP contribution in [0.25, 0.3) is 0 Å². The van der Waals surface area contributed by atoms with E-state index < -0.39 is 0 Å². The fourth-order valence-electron chi connectivity index (χ4n) is 2.41. The van der Waals surface area contributed by atoms with Crippen LogP contribution in [0.2, 0.25) is 0 Å². The smallest absolute Gasteiger partial charge is 0.317 e. The van der Waals surface area contributed by atoms with E-state index in [1.54, 1.807) is 24.3 Å². The average Bonchev–Trinajstić information content (AvgIpc) is 3.09. The van der Waals surface area contributed by atoms with Crippen molar-refractivity contribution >= 4 is 17.3 Å². The molecule has 0 amide bonds. The molecule has 0 spiro atoms. The van der Waals surface area contributed by atoms with Gasteiger partial charge in [0.15, 0.2) is 0 Å². The van der Waals surface area contributed by atoms with E-state index in [2.05, 4.69) is 18.8 Å². The third-order valence-corrected chi connectivity index (χ3v) is 4.75. The Bertz CT molecular complexity index is 889. The molecule has 1 heterocycles. The third kappa shape index (κ3) is 5.62. The van der Waals surface area contributed by atoms with E-state index in [-0.39, 0.29) is 24.8 Å². The lowest BCUT2D eigenvalue weighted by Gasteiger charge is -2.07. The molecule has 0 unspecified atom stereocenters. The lowest BCUT2D eigenvalue weighted by Crippen LogP contribution is -2.11. The average molecular weight is 385 g/mol. The van der Waals surface area contributed by atoms with Gasteiger partial charge in [0, 0.05) is 5.38 Å². The van der Waals surface area contributed by atoms with Crippen molar-refractivity contribution < 1.29 is 18.7 Å². The lowest BCUT2D eigenvalue weighted by molar-refractivity contribution is -0.133. The molecule has 0 aliphatic heterocycles. The van der Waals surface area contributed by atoms with Crippen LogP contribution in [0.4, 0.5) is 4.39 Å². The van der Waals surface area contributed by atoms with Gasteiger partial charge in [0.05, 0.1) is 12.1 Å². The highest BCUT2D eigenvalue weighted by molar-refractivity contribution is 7.09. The van der Waals surface area contributed by atoms with Crippen LogP contribution in [0, 0.1) is 5.82 Å². The summed E-state index contributed by atoms with van der Waals surface area (Å²) in [5.41, 5.74) is 1.83. The van der Waals surface area contributed by atoms with Crippen LogP contribution in [0.1, 0.15) is 36.0 Å². The Hall–Kier alpha value is -2.73. The molecule has 140 valence electrons. The number of hydrogen-bond donors (Lipinski definition) is 0. The van der Waals surface area contributed by atoms with Crippen LogP contribution in [-0.4, -0.2) is 11.0 Å². The lowest BCUT2D eigenvalue weighted by atomic mass is 10.0. The van der Waals surface area contributed by atoms with Crippen molar-refractivity contribution in [3.63, 3.8) is 0 Å². The number of rotatable bonds is 7. The zero-order valence-corrected chi connectivity index (χ0v) is 16.0. The third-order valence-electron chi connectivity index (χ3n) is 3.88. The first-order valence-electron chi connectivity index (χ1n) is 8.62. The van der Waals surface area contributed by atoms with Gasteiger partial charge in [0.2, 0.25) is 0 Å². The van der Waals surface area contributed by atoms with Gasteiger partial charge in [-0.1, -0.05) is 26.0 Å². The Morgan fingerprint density at radius 3 is 2.41 bits per heavy atom. The normalized spacial score (nSPS) is 10.8. The molecular weight excluding hydrogens is 365 g/mol. The minimum absolute atomic E-state index is 0.0962. The molecular formula is C21H20FNO3S. The largest absolute Gasteiger partial charge is 0.486 e. The van der Waals surface area contributed by atoms with Gasteiger partial charge in [-0.2, -0.15) is 0 Å². The van der Waals surface area contributed by atoms with Gasteiger partial charge >= 0.3 is 5.97 Å². The minimum Gasteiger partial charge on any atom is -0.486 e. The summed E-state index contributed by atoms with van der Waals surface area (Å²) >= 11 is 1.41. The molecule has 27 heavy (non-hydrogen) atoms. The van der Waals surface area contributed by atoms with Crippen LogP contribution in [0.5, 0.6) is 11.5 Å². The quantitative estimate of drug-likeness (QED) is 0.418. The first-order valence-corrected chi connectivity index (χ1v) is 9.50. The van der Waals surface area contributed by atoms with Crippen LogP contribution in [0.3, 0.4) is 0 Å². The minimum atomic E-state index is -0.358. The Morgan fingerprint density at radius 2 is 1.74 bits per heavy atom. The summed E-state index contributed by atoms with van der Waals surface area (Å²) < 4.78 is 23.8. The van der Waals surface area contributed by atoms with Crippen LogP contribution in [-0.2, 0) is 17.8 Å². The molecule has 2 aromatic carbocycles. The van der Waals surface area contributed by atoms with Gasteiger partial charge in [0.25, 0.3) is 0 Å². The van der Waals surface area contributed by atoms with E-state index in [9.17, 15) is 9.18 Å². The number of halogens is 1. The molecule has 0 fully saturated rings. The number of ether oxygens (including phenoxy) is 2. The zero-order chi connectivity index (χ0) is 19.2. The highest BCUT2D eigenvalue weighted by Crippen LogP contribution is 2.20. The summed E-state index contributed by atoms with van der Waals surface area (Å²) in [5, 5.41) is 2.55. The van der Waals surface area contributed by atoms with Crippen molar-refractivity contribution in [3.05, 3.63) is 76.0 Å². The molecule has 0 saturated carbocycles. The van der Waals surface area contributed by atoms with Crippen molar-refractivity contribution in [1.29, 1.82) is 0 Å². The molecule has 0 saturated heterocycles. The number of carbonyl (C=O) groups is 1. The van der Waals surface area contributed by atoms with Crippen molar-refractivity contribution in [1.82, 2.24) is 4.98 Å². The van der Waals surface area contributed by atoms with E-state index >= 15 is 0 Å². The molecule has 0 atom stereocenters. The number of hydrogen-bond acceptors (Lipinski definition) is 5. The Morgan fingerprint density at radius 1 is 1.07 bits per heavy atom. The van der Waals surface area contributed by atoms with Crippen molar-refractivity contribution in [2.45, 2.75) is 32.8 Å². The van der Waals surface area contributed by atoms with Crippen LogP contribution >= 0.6 is 11.3 Å². The number of benzene rings is 2. The summed E-state index contributed by atoms with van der Waals surface area (Å²) in [5.74, 6) is 0.858. The van der Waals surface area contributed by atoms with E-state index in [0.717, 1.165) is 5.01 Å². The molecule has 0 radical (unpaired) electrons. The molecule has 6 heteroatoms. The second-order valence-corrected chi connectivity index (χ2v) is 7.29. The maximum atomic E-state index is 12.9. The molecule has 1 aromatic heterocycles. The number of aromatic nitrogens is 1. The van der Waals surface area contributed by atoms with Gasteiger partial charge in [-0.05, 0) is 47.9 Å². The first-order chi connectivity index (χ1) is 13.0. The summed E-state index contributed by atoms with van der Waals surface area (Å²) in [7, 11) is 0. The highest BCUT2D eigenvalue weighted by atomic mass is 32.1. The molecule has 0 aliphatic rings. The maximum Gasteiger partial charge on any atom is 0.317 e. The van der Waals surface area contributed by atoms with Crippen molar-refractivity contribution in [2.24, 2.45) is 0 Å². The highest BCUT2D eigenvalue weighted by Gasteiger charge is 2.11. The van der Waals surface area contributed by atoms with Crippen LogP contribution < -0.4 is 9.47 Å². The Balaban J connectivity index is 1.50. The predicted molar refractivity (Wildman–Crippen MR) is 103 cm³/mol. The van der Waals surface area contributed by atoms with E-state index in [1.165, 1.54) is 29.0 Å². The summed E-state index contributed by atoms with van der Waals surface area (Å²) in [6.07, 6.45) is 0.0962. The summed E-state index contributed by atoms with van der Waals surface area (Å²) in [4.78, 5) is 16.5. The molecule has 0 bridgehead atoms. The fourth-order valence-corrected chi connectivity index (χ4v) is 3.11. The van der Waals surface area contributed by atoms with Gasteiger partial charge in [-0.15, -0.1) is 11.3 Å². The second-order valence-electron chi connectivity index (χ2n) is 6.35. The maximum absolute atomic E-state index is 12.9. The summed E-state index contributed by atoms with van der Waals surface area (Å²) in [6.45, 7) is 4.49. The molecule has 0 aliphatic carbocycles. The first kappa shape index (κ1) is 19.0. The monoisotopic (exact) mass is 385 g/mol. The summed E-state index contributed by atoms with van der Waals surface area (Å²) in [6, 6.07) is 13.3. The van der Waals surface area contributed by atoms with Crippen LogP contribution in [0.15, 0.2) is 53.9 Å². The van der Waals surface area contributed by atoms with Gasteiger partial charge in [-0.3, -0.25) is 4.79 Å². The van der Waals surface area contributed by atoms with Gasteiger partial charge in [-0.25, -0.2) is 9.37 Å². The number of thiazole rings is 1. The Kier molecular flexibility index (Phi) is 6.19. The molecule has 3 rings (SSSR count). The molecule has 3 aromatic rings. The second kappa shape index (κ2) is 8.77. The Labute approximate surface area is 161 Å². The van der Waals surface area contributed by atoms with E-state index in [0.29, 0.717) is 23.1 Å².